The summed E-state index contributed by atoms with van der Waals surface area (Å²) in [5, 5.41) is 3.12. The molecule has 0 aliphatic heterocycles. The molecule has 2 heteroatoms. The zero-order valence-corrected chi connectivity index (χ0v) is 5.07. The molecule has 0 aliphatic rings. The lowest BCUT2D eigenvalue weighted by Gasteiger charge is -2.02. The maximum atomic E-state index is 5.42. The minimum absolute atomic E-state index is 0.292. The second-order valence-electron chi connectivity index (χ2n) is 1.78. The topological polar surface area (TPSA) is 38.0 Å². The Hall–Kier alpha value is -0.0800. The Kier molecular flexibility index (Phi) is 4.04. The number of nitrogens with one attached hydrogen (secondary N) is 1. The number of hydrogen-bond donors (Lipinski definition) is 2. The number of rotatable bonds is 3. The smallest absolute Gasteiger partial charge is 0.0136 e. The lowest BCUT2D eigenvalue weighted by molar-refractivity contribution is 0.627. The maximum Gasteiger partial charge on any atom is 0.0136 e. The second kappa shape index (κ2) is 4.09. The molecule has 0 aliphatic carbocycles. The summed E-state index contributed by atoms with van der Waals surface area (Å²) in [6.45, 7) is 6.00. The Balaban J connectivity index is 2.68. The van der Waals surface area contributed by atoms with Crippen molar-refractivity contribution in [2.24, 2.45) is 5.73 Å². The van der Waals surface area contributed by atoms with Gasteiger partial charge in [-0.15, -0.1) is 0 Å². The molecule has 0 aromatic carbocycles. The van der Waals surface area contributed by atoms with E-state index in [-0.39, 0.29) is 0 Å². The first-order valence-electron chi connectivity index (χ1n) is 2.73. The van der Waals surface area contributed by atoms with Gasteiger partial charge in [0.1, 0.15) is 0 Å². The zero-order valence-electron chi connectivity index (χ0n) is 5.07. The van der Waals surface area contributed by atoms with Gasteiger partial charge < -0.3 is 11.1 Å². The highest BCUT2D eigenvalue weighted by atomic mass is 14.9. The highest BCUT2D eigenvalue weighted by Gasteiger charge is 1.86. The molecular formula is C5H14N2. The van der Waals surface area contributed by atoms with Gasteiger partial charge >= 0.3 is 0 Å². The van der Waals surface area contributed by atoms with E-state index < -0.39 is 0 Å². The molecule has 0 unspecified atom stereocenters. The van der Waals surface area contributed by atoms with Gasteiger partial charge in [-0.1, -0.05) is 6.92 Å². The van der Waals surface area contributed by atoms with E-state index in [4.69, 9.17) is 5.73 Å². The minimum Gasteiger partial charge on any atom is -0.327 e. The first-order valence-corrected chi connectivity index (χ1v) is 2.73. The molecule has 0 saturated heterocycles. The number of hydrogen-bond acceptors (Lipinski definition) is 2. The summed E-state index contributed by atoms with van der Waals surface area (Å²) in [4.78, 5) is 0. The lowest BCUT2D eigenvalue weighted by atomic mass is 10.4. The summed E-state index contributed by atoms with van der Waals surface area (Å²) in [5.74, 6) is 0. The summed E-state index contributed by atoms with van der Waals surface area (Å²) >= 11 is 0. The van der Waals surface area contributed by atoms with Crippen LogP contribution in [0, 0.1) is 0 Å². The van der Waals surface area contributed by atoms with Gasteiger partial charge in [0.15, 0.2) is 0 Å². The highest BCUT2D eigenvalue weighted by molar-refractivity contribution is 4.54. The molecule has 0 radical (unpaired) electrons. The van der Waals surface area contributed by atoms with E-state index >= 15 is 0 Å². The van der Waals surface area contributed by atoms with Gasteiger partial charge in [0.2, 0.25) is 0 Å². The van der Waals surface area contributed by atoms with Crippen molar-refractivity contribution in [3.63, 3.8) is 0 Å². The second-order valence-corrected chi connectivity index (χ2v) is 1.78. The Bertz CT molecular complexity index is 35.1. The Morgan fingerprint density at radius 2 is 2.29 bits per heavy atom. The first kappa shape index (κ1) is 6.92. The molecule has 0 aromatic heterocycles. The van der Waals surface area contributed by atoms with E-state index in [0.29, 0.717) is 6.04 Å². The summed E-state index contributed by atoms with van der Waals surface area (Å²) in [7, 11) is 0. The van der Waals surface area contributed by atoms with Crippen molar-refractivity contribution < 1.29 is 0 Å². The molecule has 0 saturated carbocycles. The van der Waals surface area contributed by atoms with Crippen molar-refractivity contribution in [2.45, 2.75) is 19.9 Å². The average Bonchev–Trinajstić information content (AvgIpc) is 1.61. The Labute approximate surface area is 45.1 Å². The van der Waals surface area contributed by atoms with Crippen LogP contribution in [0.4, 0.5) is 0 Å². The standard InChI is InChI=1S/C5H14N2/c1-3-7-4-5(2)6/h5,7H,3-4,6H2,1-2H3/t5-/m1/s1. The van der Waals surface area contributed by atoms with Gasteiger partial charge in [0, 0.05) is 12.6 Å². The first-order chi connectivity index (χ1) is 3.27. The van der Waals surface area contributed by atoms with Gasteiger partial charge in [-0.2, -0.15) is 0 Å². The van der Waals surface area contributed by atoms with Gasteiger partial charge in [-0.05, 0) is 13.5 Å². The molecule has 0 amide bonds. The van der Waals surface area contributed by atoms with E-state index in [1.807, 2.05) is 6.92 Å². The molecule has 0 bridgehead atoms. The van der Waals surface area contributed by atoms with E-state index in [9.17, 15) is 0 Å². The molecular weight excluding hydrogens is 88.1 g/mol. The summed E-state index contributed by atoms with van der Waals surface area (Å²) in [6, 6.07) is 0.292. The predicted molar refractivity (Wildman–Crippen MR) is 32.2 cm³/mol. The van der Waals surface area contributed by atoms with Gasteiger partial charge in [0.25, 0.3) is 0 Å². The van der Waals surface area contributed by atoms with Crippen LogP contribution in [0.1, 0.15) is 13.8 Å². The van der Waals surface area contributed by atoms with Crippen LogP contribution in [0.3, 0.4) is 0 Å². The van der Waals surface area contributed by atoms with Gasteiger partial charge in [-0.3, -0.25) is 0 Å². The highest BCUT2D eigenvalue weighted by Crippen LogP contribution is 1.66. The molecule has 7 heavy (non-hydrogen) atoms. The van der Waals surface area contributed by atoms with E-state index in [0.717, 1.165) is 13.1 Å². The third kappa shape index (κ3) is 5.92. The summed E-state index contributed by atoms with van der Waals surface area (Å²) in [6.07, 6.45) is 0. The normalized spacial score (nSPS) is 14.1. The molecule has 1 atom stereocenters. The van der Waals surface area contributed by atoms with Crippen molar-refractivity contribution in [3.05, 3.63) is 0 Å². The molecule has 3 N–H and O–H groups in total. The predicted octanol–water partition coefficient (Wildman–Crippen LogP) is -0.0569. The molecule has 0 spiro atoms. The van der Waals surface area contributed by atoms with Crippen LogP contribution >= 0.6 is 0 Å². The van der Waals surface area contributed by atoms with Crippen molar-refractivity contribution in [3.8, 4) is 0 Å². The fourth-order valence-corrected chi connectivity index (χ4v) is 0.372. The van der Waals surface area contributed by atoms with Gasteiger partial charge in [0.05, 0.1) is 0 Å². The van der Waals surface area contributed by atoms with Crippen molar-refractivity contribution in [1.29, 1.82) is 0 Å². The Morgan fingerprint density at radius 3 is 2.43 bits per heavy atom. The third-order valence-corrected chi connectivity index (χ3v) is 0.716. The summed E-state index contributed by atoms with van der Waals surface area (Å²) < 4.78 is 0. The molecule has 0 rings (SSSR count). The van der Waals surface area contributed by atoms with Crippen LogP contribution in [-0.2, 0) is 0 Å². The fourth-order valence-electron chi connectivity index (χ4n) is 0.372. The molecule has 0 fully saturated rings. The molecule has 0 heterocycles. The average molecular weight is 102 g/mol. The van der Waals surface area contributed by atoms with Crippen LogP contribution < -0.4 is 11.1 Å². The van der Waals surface area contributed by atoms with E-state index in [2.05, 4.69) is 12.2 Å². The molecule has 44 valence electrons. The van der Waals surface area contributed by atoms with Crippen LogP contribution in [-0.4, -0.2) is 19.1 Å². The largest absolute Gasteiger partial charge is 0.327 e. The molecule has 0 aromatic rings. The van der Waals surface area contributed by atoms with Crippen molar-refractivity contribution in [1.82, 2.24) is 5.32 Å². The van der Waals surface area contributed by atoms with Crippen LogP contribution in [0.15, 0.2) is 0 Å². The maximum absolute atomic E-state index is 5.42. The van der Waals surface area contributed by atoms with Crippen molar-refractivity contribution in [2.75, 3.05) is 13.1 Å². The fraction of sp³-hybridized carbons (Fsp3) is 1.00. The number of nitrogens with two attached hydrogens (primary N) is 1. The van der Waals surface area contributed by atoms with E-state index in [1.54, 1.807) is 0 Å². The third-order valence-electron chi connectivity index (χ3n) is 0.716. The monoisotopic (exact) mass is 102 g/mol. The van der Waals surface area contributed by atoms with E-state index in [1.165, 1.54) is 0 Å². The zero-order chi connectivity index (χ0) is 5.70. The van der Waals surface area contributed by atoms with Crippen LogP contribution in [0.2, 0.25) is 0 Å². The summed E-state index contributed by atoms with van der Waals surface area (Å²) in [5.41, 5.74) is 5.42. The quantitative estimate of drug-likeness (QED) is 0.524. The Morgan fingerprint density at radius 1 is 1.71 bits per heavy atom. The molecule has 2 nitrogen and oxygen atoms in total. The van der Waals surface area contributed by atoms with Crippen LogP contribution in [0.5, 0.6) is 0 Å². The lowest BCUT2D eigenvalue weighted by Crippen LogP contribution is -2.30. The SMILES string of the molecule is CCNC[C@@H](C)N. The van der Waals surface area contributed by atoms with Crippen molar-refractivity contribution >= 4 is 0 Å². The van der Waals surface area contributed by atoms with Crippen LogP contribution in [0.25, 0.3) is 0 Å². The minimum atomic E-state index is 0.292. The number of likely N-dealkylation sites (N-methyl/N-ethyl adjacent to an activating group) is 1. The van der Waals surface area contributed by atoms with Gasteiger partial charge in [-0.25, -0.2) is 0 Å².